The number of ether oxygens (including phenoxy) is 1. The summed E-state index contributed by atoms with van der Waals surface area (Å²) in [4.78, 5) is 26.5. The van der Waals surface area contributed by atoms with Crippen LogP contribution < -0.4 is 5.32 Å². The summed E-state index contributed by atoms with van der Waals surface area (Å²) < 4.78 is 5.36. The van der Waals surface area contributed by atoms with Crippen LogP contribution in [0.1, 0.15) is 40.0 Å². The molecule has 2 rings (SSSR count). The minimum atomic E-state index is -0.760. The van der Waals surface area contributed by atoms with Gasteiger partial charge in [0, 0.05) is 19.1 Å². The van der Waals surface area contributed by atoms with Gasteiger partial charge < -0.3 is 15.0 Å². The number of carbonyl (C=O) groups excluding carboxylic acids is 2. The summed E-state index contributed by atoms with van der Waals surface area (Å²) in [5.41, 5.74) is -0.760. The maximum absolute atomic E-state index is 12.5. The number of rotatable bonds is 4. The number of piperazine rings is 1. The van der Waals surface area contributed by atoms with Crippen molar-refractivity contribution in [1.29, 1.82) is 0 Å². The second kappa shape index (κ2) is 5.49. The van der Waals surface area contributed by atoms with Crippen molar-refractivity contribution in [1.82, 2.24) is 10.2 Å². The molecule has 0 aromatic rings. The first-order valence-electron chi connectivity index (χ1n) is 7.17. The third-order valence-electron chi connectivity index (χ3n) is 4.14. The van der Waals surface area contributed by atoms with Crippen LogP contribution in [-0.4, -0.2) is 48.1 Å². The molecule has 0 radical (unpaired) electrons. The molecule has 2 amide bonds. The van der Waals surface area contributed by atoms with Crippen LogP contribution in [0.5, 0.6) is 0 Å². The van der Waals surface area contributed by atoms with Gasteiger partial charge in [-0.3, -0.25) is 9.59 Å². The van der Waals surface area contributed by atoms with E-state index in [1.807, 2.05) is 20.8 Å². The molecule has 2 saturated heterocycles. The fraction of sp³-hybridized carbons (Fsp3) is 0.857. The average Bonchev–Trinajstić information content (AvgIpc) is 2.85. The molecule has 2 aliphatic heterocycles. The SMILES string of the molecule is CCCC1NC(=O)C(C)(C)N(CC2CCOC2)C1=O. The zero-order chi connectivity index (χ0) is 14.0. The number of nitrogens with zero attached hydrogens (tertiary/aromatic N) is 1. The Kier molecular flexibility index (Phi) is 4.13. The Labute approximate surface area is 114 Å². The Morgan fingerprint density at radius 1 is 1.42 bits per heavy atom. The second-order valence-corrected chi connectivity index (χ2v) is 6.05. The van der Waals surface area contributed by atoms with E-state index < -0.39 is 5.54 Å². The molecule has 2 heterocycles. The topological polar surface area (TPSA) is 58.6 Å². The zero-order valence-electron chi connectivity index (χ0n) is 12.1. The number of carbonyl (C=O) groups is 2. The molecule has 0 spiro atoms. The molecular formula is C14H24N2O3. The Hall–Kier alpha value is -1.10. The number of amides is 2. The Morgan fingerprint density at radius 3 is 2.74 bits per heavy atom. The maximum Gasteiger partial charge on any atom is 0.246 e. The molecule has 19 heavy (non-hydrogen) atoms. The van der Waals surface area contributed by atoms with Gasteiger partial charge in [0.25, 0.3) is 0 Å². The van der Waals surface area contributed by atoms with E-state index in [1.54, 1.807) is 4.90 Å². The summed E-state index contributed by atoms with van der Waals surface area (Å²) in [5, 5.41) is 2.85. The van der Waals surface area contributed by atoms with Gasteiger partial charge in [0.15, 0.2) is 0 Å². The van der Waals surface area contributed by atoms with Crippen LogP contribution in [0.2, 0.25) is 0 Å². The fourth-order valence-electron chi connectivity index (χ4n) is 2.77. The van der Waals surface area contributed by atoms with Gasteiger partial charge in [0.2, 0.25) is 11.8 Å². The minimum Gasteiger partial charge on any atom is -0.381 e. The van der Waals surface area contributed by atoms with Gasteiger partial charge in [-0.05, 0) is 26.7 Å². The van der Waals surface area contributed by atoms with Crippen LogP contribution in [0.3, 0.4) is 0 Å². The van der Waals surface area contributed by atoms with Crippen molar-refractivity contribution < 1.29 is 14.3 Å². The van der Waals surface area contributed by atoms with Gasteiger partial charge in [-0.25, -0.2) is 0 Å². The number of hydrogen-bond donors (Lipinski definition) is 1. The molecule has 2 aliphatic rings. The first kappa shape index (κ1) is 14.3. The molecule has 1 N–H and O–H groups in total. The largest absolute Gasteiger partial charge is 0.381 e. The normalized spacial score (nSPS) is 30.6. The van der Waals surface area contributed by atoms with E-state index in [0.717, 1.165) is 19.4 Å². The average molecular weight is 268 g/mol. The molecule has 2 atom stereocenters. The first-order chi connectivity index (χ1) is 8.96. The van der Waals surface area contributed by atoms with E-state index in [9.17, 15) is 9.59 Å². The Morgan fingerprint density at radius 2 is 2.16 bits per heavy atom. The molecule has 108 valence electrons. The van der Waals surface area contributed by atoms with Crippen molar-refractivity contribution in [2.75, 3.05) is 19.8 Å². The summed E-state index contributed by atoms with van der Waals surface area (Å²) in [6.07, 6.45) is 2.57. The second-order valence-electron chi connectivity index (χ2n) is 6.05. The van der Waals surface area contributed by atoms with Gasteiger partial charge in [0.05, 0.1) is 6.61 Å². The molecule has 0 aliphatic carbocycles. The van der Waals surface area contributed by atoms with Crippen LogP contribution in [0, 0.1) is 5.92 Å². The maximum atomic E-state index is 12.5. The quantitative estimate of drug-likeness (QED) is 0.825. The summed E-state index contributed by atoms with van der Waals surface area (Å²) in [5.74, 6) is 0.360. The lowest BCUT2D eigenvalue weighted by molar-refractivity contribution is -0.156. The van der Waals surface area contributed by atoms with Gasteiger partial charge in [-0.2, -0.15) is 0 Å². The van der Waals surface area contributed by atoms with E-state index in [-0.39, 0.29) is 17.9 Å². The van der Waals surface area contributed by atoms with Gasteiger partial charge in [-0.15, -0.1) is 0 Å². The smallest absolute Gasteiger partial charge is 0.246 e. The highest BCUT2D eigenvalue weighted by atomic mass is 16.5. The molecular weight excluding hydrogens is 244 g/mol. The van der Waals surface area contributed by atoms with E-state index in [1.165, 1.54) is 0 Å². The van der Waals surface area contributed by atoms with Crippen molar-refractivity contribution >= 4 is 11.8 Å². The molecule has 0 aromatic heterocycles. The monoisotopic (exact) mass is 268 g/mol. The van der Waals surface area contributed by atoms with E-state index in [0.29, 0.717) is 25.5 Å². The summed E-state index contributed by atoms with van der Waals surface area (Å²) in [7, 11) is 0. The van der Waals surface area contributed by atoms with Gasteiger partial charge >= 0.3 is 0 Å². The predicted molar refractivity (Wildman–Crippen MR) is 71.6 cm³/mol. The van der Waals surface area contributed by atoms with Gasteiger partial charge in [-0.1, -0.05) is 13.3 Å². The Bertz CT molecular complexity index is 362. The lowest BCUT2D eigenvalue weighted by Gasteiger charge is -2.45. The molecule has 0 saturated carbocycles. The Balaban J connectivity index is 2.14. The molecule has 5 nitrogen and oxygen atoms in total. The molecule has 0 bridgehead atoms. The van der Waals surface area contributed by atoms with Crippen LogP contribution in [0.15, 0.2) is 0 Å². The number of nitrogens with one attached hydrogen (secondary N) is 1. The van der Waals surface area contributed by atoms with E-state index in [4.69, 9.17) is 4.74 Å². The third-order valence-corrected chi connectivity index (χ3v) is 4.14. The van der Waals surface area contributed by atoms with Crippen LogP contribution in [0.4, 0.5) is 0 Å². The fourth-order valence-corrected chi connectivity index (χ4v) is 2.77. The molecule has 0 aromatic carbocycles. The predicted octanol–water partition coefficient (Wildman–Crippen LogP) is 0.929. The molecule has 2 fully saturated rings. The standard InChI is InChI=1S/C14H24N2O3/c1-4-5-11-12(17)16(8-10-6-7-19-9-10)14(2,3)13(18)15-11/h10-11H,4-9H2,1-3H3,(H,15,18). The van der Waals surface area contributed by atoms with Crippen molar-refractivity contribution in [3.63, 3.8) is 0 Å². The first-order valence-corrected chi connectivity index (χ1v) is 7.17. The third kappa shape index (κ3) is 2.76. The van der Waals surface area contributed by atoms with Crippen molar-refractivity contribution in [3.05, 3.63) is 0 Å². The highest BCUT2D eigenvalue weighted by molar-refractivity contribution is 5.99. The van der Waals surface area contributed by atoms with E-state index in [2.05, 4.69) is 5.32 Å². The molecule has 5 heteroatoms. The molecule has 2 unspecified atom stereocenters. The highest BCUT2D eigenvalue weighted by Crippen LogP contribution is 2.26. The summed E-state index contributed by atoms with van der Waals surface area (Å²) in [6, 6.07) is -0.354. The van der Waals surface area contributed by atoms with Crippen LogP contribution >= 0.6 is 0 Å². The van der Waals surface area contributed by atoms with Crippen LogP contribution in [0.25, 0.3) is 0 Å². The lowest BCUT2D eigenvalue weighted by Crippen LogP contribution is -2.68. The van der Waals surface area contributed by atoms with Crippen molar-refractivity contribution in [2.24, 2.45) is 5.92 Å². The van der Waals surface area contributed by atoms with Crippen molar-refractivity contribution in [3.8, 4) is 0 Å². The summed E-state index contributed by atoms with van der Waals surface area (Å²) >= 11 is 0. The van der Waals surface area contributed by atoms with Crippen LogP contribution in [-0.2, 0) is 14.3 Å². The number of hydrogen-bond acceptors (Lipinski definition) is 3. The minimum absolute atomic E-state index is 0.0514. The lowest BCUT2D eigenvalue weighted by atomic mass is 9.92. The van der Waals surface area contributed by atoms with E-state index >= 15 is 0 Å². The van der Waals surface area contributed by atoms with Crippen molar-refractivity contribution in [2.45, 2.75) is 51.6 Å². The highest BCUT2D eigenvalue weighted by Gasteiger charge is 2.46. The zero-order valence-corrected chi connectivity index (χ0v) is 12.1. The summed E-state index contributed by atoms with van der Waals surface area (Å²) in [6.45, 7) is 7.74. The van der Waals surface area contributed by atoms with Gasteiger partial charge in [0.1, 0.15) is 11.6 Å².